The summed E-state index contributed by atoms with van der Waals surface area (Å²) in [6.07, 6.45) is 8.90. The Kier molecular flexibility index (Phi) is 6.71. The quantitative estimate of drug-likeness (QED) is 0.326. The molecule has 0 radical (unpaired) electrons. The topological polar surface area (TPSA) is 76.6 Å². The number of nitrogens with zero attached hydrogens (tertiary/aromatic N) is 5. The molecule has 0 atom stereocenters. The molecule has 2 saturated carbocycles. The average Bonchev–Trinajstić information content (AvgIpc) is 3.65. The van der Waals surface area contributed by atoms with Crippen molar-refractivity contribution < 1.29 is 4.74 Å². The molecule has 0 spiro atoms. The third-order valence-corrected chi connectivity index (χ3v) is 8.17. The fraction of sp³-hybridized carbons (Fsp3) is 0.636. The van der Waals surface area contributed by atoms with E-state index in [0.29, 0.717) is 12.6 Å². The summed E-state index contributed by atoms with van der Waals surface area (Å²) in [7, 11) is -0.525. The fourth-order valence-corrected chi connectivity index (χ4v) is 5.37. The Morgan fingerprint density at radius 2 is 2.13 bits per heavy atom. The van der Waals surface area contributed by atoms with Gasteiger partial charge in [-0.1, -0.05) is 19.1 Å². The zero-order valence-electron chi connectivity index (χ0n) is 17.9. The van der Waals surface area contributed by atoms with Gasteiger partial charge in [-0.2, -0.15) is 5.26 Å². The SMILES string of the molecule is C[SiH](C)CCCOCn1c(C2CC2)nc(Br)c1-c1ccnc(CCC2(C#N)CC2)n1. The summed E-state index contributed by atoms with van der Waals surface area (Å²) in [6.45, 7) is 6.06. The molecule has 0 amide bonds. The Balaban J connectivity index is 1.51. The number of ether oxygens (including phenoxy) is 1. The Hall–Kier alpha value is -1.56. The van der Waals surface area contributed by atoms with Crippen LogP contribution in [-0.2, 0) is 17.9 Å². The van der Waals surface area contributed by atoms with Gasteiger partial charge in [0.05, 0.1) is 17.2 Å². The highest BCUT2D eigenvalue weighted by molar-refractivity contribution is 9.10. The summed E-state index contributed by atoms with van der Waals surface area (Å²) in [5, 5.41) is 9.33. The predicted octanol–water partition coefficient (Wildman–Crippen LogP) is 5.07. The molecule has 2 heterocycles. The molecule has 0 saturated heterocycles. The van der Waals surface area contributed by atoms with E-state index in [1.54, 1.807) is 0 Å². The Morgan fingerprint density at radius 3 is 2.80 bits per heavy atom. The van der Waals surface area contributed by atoms with Crippen LogP contribution in [0.5, 0.6) is 0 Å². The maximum Gasteiger partial charge on any atom is 0.134 e. The molecule has 2 aliphatic carbocycles. The zero-order valence-corrected chi connectivity index (χ0v) is 20.6. The average molecular weight is 489 g/mol. The minimum Gasteiger partial charge on any atom is -0.361 e. The Morgan fingerprint density at radius 1 is 1.33 bits per heavy atom. The monoisotopic (exact) mass is 487 g/mol. The molecule has 4 rings (SSSR count). The zero-order chi connectivity index (χ0) is 21.1. The second kappa shape index (κ2) is 9.29. The minimum atomic E-state index is -0.525. The largest absolute Gasteiger partial charge is 0.361 e. The number of nitriles is 1. The maximum atomic E-state index is 9.33. The van der Waals surface area contributed by atoms with E-state index in [1.165, 1.54) is 18.9 Å². The molecule has 0 bridgehead atoms. The Labute approximate surface area is 188 Å². The van der Waals surface area contributed by atoms with E-state index >= 15 is 0 Å². The number of hydrogen-bond acceptors (Lipinski definition) is 5. The van der Waals surface area contributed by atoms with Crippen molar-refractivity contribution in [1.82, 2.24) is 19.5 Å². The number of hydrogen-bond donors (Lipinski definition) is 0. The number of aryl methyl sites for hydroxylation is 1. The number of aromatic nitrogens is 4. The standard InChI is InChI=1S/C22H30BrN5OSi/c1-30(2)13-3-12-29-15-28-19(20(23)27-21(28)16-4-5-16)17-7-11-25-18(26-17)6-8-22(14-24)9-10-22/h7,11,16,30H,3-6,8-10,12-13,15H2,1-2H3. The highest BCUT2D eigenvalue weighted by atomic mass is 79.9. The van der Waals surface area contributed by atoms with E-state index < -0.39 is 8.80 Å². The lowest BCUT2D eigenvalue weighted by molar-refractivity contribution is 0.0764. The molecule has 6 nitrogen and oxygen atoms in total. The number of rotatable bonds is 11. The van der Waals surface area contributed by atoms with Crippen LogP contribution in [0.15, 0.2) is 16.9 Å². The summed E-state index contributed by atoms with van der Waals surface area (Å²) in [4.78, 5) is 14.1. The molecule has 2 aromatic heterocycles. The summed E-state index contributed by atoms with van der Waals surface area (Å²) in [5.41, 5.74) is 1.71. The van der Waals surface area contributed by atoms with Gasteiger partial charge in [0.2, 0.25) is 0 Å². The molecule has 8 heteroatoms. The normalized spacial score (nSPS) is 17.3. The van der Waals surface area contributed by atoms with Crippen LogP contribution < -0.4 is 0 Å². The minimum absolute atomic E-state index is 0.131. The van der Waals surface area contributed by atoms with Crippen LogP contribution >= 0.6 is 15.9 Å². The van der Waals surface area contributed by atoms with Crippen molar-refractivity contribution in [3.8, 4) is 17.5 Å². The molecule has 160 valence electrons. The molecule has 2 fully saturated rings. The summed E-state index contributed by atoms with van der Waals surface area (Å²) >= 11 is 3.67. The fourth-order valence-electron chi connectivity index (χ4n) is 3.79. The summed E-state index contributed by atoms with van der Waals surface area (Å²) < 4.78 is 9.07. The van der Waals surface area contributed by atoms with E-state index in [0.717, 1.165) is 66.4 Å². The van der Waals surface area contributed by atoms with Crippen molar-refractivity contribution in [2.45, 2.75) is 76.7 Å². The van der Waals surface area contributed by atoms with Crippen LogP contribution in [0.1, 0.15) is 56.1 Å². The lowest BCUT2D eigenvalue weighted by Gasteiger charge is -2.13. The molecular formula is C22H30BrN5OSi. The van der Waals surface area contributed by atoms with Gasteiger partial charge in [-0.05, 0) is 60.5 Å². The third-order valence-electron chi connectivity index (χ3n) is 6.05. The van der Waals surface area contributed by atoms with Crippen LogP contribution in [0.2, 0.25) is 19.1 Å². The van der Waals surface area contributed by atoms with E-state index in [1.807, 2.05) is 12.3 Å². The molecule has 0 aliphatic heterocycles. The van der Waals surface area contributed by atoms with Crippen molar-refractivity contribution in [2.75, 3.05) is 6.61 Å². The lowest BCUT2D eigenvalue weighted by atomic mass is 10.0. The van der Waals surface area contributed by atoms with Crippen LogP contribution in [0.25, 0.3) is 11.4 Å². The third kappa shape index (κ3) is 5.19. The van der Waals surface area contributed by atoms with Crippen molar-refractivity contribution >= 4 is 24.7 Å². The van der Waals surface area contributed by atoms with Crippen LogP contribution in [0.4, 0.5) is 0 Å². The van der Waals surface area contributed by atoms with Crippen LogP contribution in [-0.4, -0.2) is 34.9 Å². The smallest absolute Gasteiger partial charge is 0.134 e. The second-order valence-electron chi connectivity index (χ2n) is 9.14. The van der Waals surface area contributed by atoms with Gasteiger partial charge < -0.3 is 9.30 Å². The Bertz CT molecular complexity index is 930. The molecule has 0 N–H and O–H groups in total. The van der Waals surface area contributed by atoms with Gasteiger partial charge in [0, 0.05) is 33.9 Å². The van der Waals surface area contributed by atoms with Gasteiger partial charge in [0.1, 0.15) is 28.7 Å². The van der Waals surface area contributed by atoms with Gasteiger partial charge in [-0.15, -0.1) is 0 Å². The highest BCUT2D eigenvalue weighted by Crippen LogP contribution is 2.48. The highest BCUT2D eigenvalue weighted by Gasteiger charge is 2.42. The van der Waals surface area contributed by atoms with Crippen LogP contribution in [0.3, 0.4) is 0 Å². The second-order valence-corrected chi connectivity index (χ2v) is 13.3. The van der Waals surface area contributed by atoms with E-state index in [4.69, 9.17) is 14.7 Å². The number of halogens is 1. The predicted molar refractivity (Wildman–Crippen MR) is 123 cm³/mol. The van der Waals surface area contributed by atoms with Crippen molar-refractivity contribution in [2.24, 2.45) is 5.41 Å². The number of imidazole rings is 1. The van der Waals surface area contributed by atoms with Crippen molar-refractivity contribution in [3.05, 3.63) is 28.5 Å². The van der Waals surface area contributed by atoms with Crippen molar-refractivity contribution in [1.29, 1.82) is 5.26 Å². The first-order valence-electron chi connectivity index (χ1n) is 11.1. The summed E-state index contributed by atoms with van der Waals surface area (Å²) in [6, 6.07) is 5.72. The first-order valence-corrected chi connectivity index (χ1v) is 15.0. The molecule has 0 unspecified atom stereocenters. The molecule has 30 heavy (non-hydrogen) atoms. The van der Waals surface area contributed by atoms with E-state index in [2.05, 4.69) is 44.6 Å². The van der Waals surface area contributed by atoms with Gasteiger partial charge in [0.25, 0.3) is 0 Å². The van der Waals surface area contributed by atoms with Gasteiger partial charge in [-0.25, -0.2) is 15.0 Å². The van der Waals surface area contributed by atoms with E-state index in [9.17, 15) is 5.26 Å². The molecular weight excluding hydrogens is 458 g/mol. The van der Waals surface area contributed by atoms with Crippen LogP contribution in [0, 0.1) is 16.7 Å². The van der Waals surface area contributed by atoms with Crippen molar-refractivity contribution in [3.63, 3.8) is 0 Å². The molecule has 2 aromatic rings. The van der Waals surface area contributed by atoms with Gasteiger partial charge in [-0.3, -0.25) is 0 Å². The molecule has 0 aromatic carbocycles. The lowest BCUT2D eigenvalue weighted by Crippen LogP contribution is -2.11. The first-order chi connectivity index (χ1) is 14.5. The molecule has 2 aliphatic rings. The van der Waals surface area contributed by atoms with Gasteiger partial charge in [0.15, 0.2) is 0 Å². The maximum absolute atomic E-state index is 9.33. The van der Waals surface area contributed by atoms with Gasteiger partial charge >= 0.3 is 0 Å². The first kappa shape index (κ1) is 21.7. The summed E-state index contributed by atoms with van der Waals surface area (Å²) in [5.74, 6) is 2.41. The van der Waals surface area contributed by atoms with E-state index in [-0.39, 0.29) is 5.41 Å².